The molecule has 1 heterocycles. The summed E-state index contributed by atoms with van der Waals surface area (Å²) in [5.41, 5.74) is 1.06. The van der Waals surface area contributed by atoms with Gasteiger partial charge in [0.25, 0.3) is 0 Å². The van der Waals surface area contributed by atoms with Crippen LogP contribution in [0.4, 0.5) is 4.39 Å². The lowest BCUT2D eigenvalue weighted by atomic mass is 10.0. The topological polar surface area (TPSA) is 15.3 Å². The van der Waals surface area contributed by atoms with E-state index in [0.717, 1.165) is 31.6 Å². The van der Waals surface area contributed by atoms with E-state index < -0.39 is 0 Å². The summed E-state index contributed by atoms with van der Waals surface area (Å²) >= 11 is 2.07. The molecule has 0 aromatic heterocycles. The Labute approximate surface area is 132 Å². The fraction of sp³-hybridized carbons (Fsp3) is 0.647. The Hall–Kier alpha value is -0.580. The molecule has 2 rings (SSSR count). The van der Waals surface area contributed by atoms with Gasteiger partial charge >= 0.3 is 0 Å². The molecule has 1 aromatic carbocycles. The van der Waals surface area contributed by atoms with E-state index in [0.29, 0.717) is 11.3 Å². The van der Waals surface area contributed by atoms with E-state index >= 15 is 0 Å². The lowest BCUT2D eigenvalue weighted by Gasteiger charge is -2.38. The van der Waals surface area contributed by atoms with Gasteiger partial charge in [0, 0.05) is 36.2 Å². The van der Waals surface area contributed by atoms with Crippen LogP contribution in [-0.2, 0) is 0 Å². The number of hydrogen-bond donors (Lipinski definition) is 1. The summed E-state index contributed by atoms with van der Waals surface area (Å²) in [5, 5.41) is 4.19. The van der Waals surface area contributed by atoms with E-state index in [1.54, 1.807) is 12.1 Å². The van der Waals surface area contributed by atoms with Crippen LogP contribution in [0.2, 0.25) is 0 Å². The summed E-state index contributed by atoms with van der Waals surface area (Å²) in [6.45, 7) is 9.88. The largest absolute Gasteiger partial charge is 0.310 e. The van der Waals surface area contributed by atoms with Crippen LogP contribution in [0.3, 0.4) is 0 Å². The number of benzene rings is 1. The molecule has 4 heteroatoms. The number of hydrogen-bond acceptors (Lipinski definition) is 3. The summed E-state index contributed by atoms with van der Waals surface area (Å²) < 4.78 is 13.4. The van der Waals surface area contributed by atoms with E-state index in [2.05, 4.69) is 42.7 Å². The van der Waals surface area contributed by atoms with E-state index in [4.69, 9.17) is 0 Å². The van der Waals surface area contributed by atoms with Gasteiger partial charge in [0.2, 0.25) is 0 Å². The first-order chi connectivity index (χ1) is 10.1. The van der Waals surface area contributed by atoms with Crippen LogP contribution < -0.4 is 5.32 Å². The number of halogens is 1. The first-order valence-electron chi connectivity index (χ1n) is 7.96. The van der Waals surface area contributed by atoms with Gasteiger partial charge in [0.1, 0.15) is 5.82 Å². The zero-order chi connectivity index (χ0) is 15.2. The van der Waals surface area contributed by atoms with E-state index in [9.17, 15) is 4.39 Å². The standard InChI is InChI=1S/C17H27FN2S/c1-4-19-17(15-6-5-7-16(18)12-15)8-9-20-10-11-21-14(3)13(20)2/h5-7,12-14,17,19H,4,8-11H2,1-3H3. The Bertz CT molecular complexity index is 441. The van der Waals surface area contributed by atoms with Crippen molar-refractivity contribution >= 4 is 11.8 Å². The highest BCUT2D eigenvalue weighted by atomic mass is 32.2. The molecule has 0 bridgehead atoms. The molecule has 1 saturated heterocycles. The van der Waals surface area contributed by atoms with Crippen molar-refractivity contribution in [3.05, 3.63) is 35.6 Å². The molecule has 2 nitrogen and oxygen atoms in total. The van der Waals surface area contributed by atoms with Crippen molar-refractivity contribution in [2.75, 3.05) is 25.4 Å². The van der Waals surface area contributed by atoms with Gasteiger partial charge in [0.05, 0.1) is 0 Å². The van der Waals surface area contributed by atoms with Crippen molar-refractivity contribution in [1.29, 1.82) is 0 Å². The van der Waals surface area contributed by atoms with Gasteiger partial charge in [-0.3, -0.25) is 4.90 Å². The Balaban J connectivity index is 1.97. The Morgan fingerprint density at radius 3 is 2.95 bits per heavy atom. The normalized spacial score (nSPS) is 25.0. The number of nitrogens with zero attached hydrogens (tertiary/aromatic N) is 1. The SMILES string of the molecule is CCNC(CCN1CCSC(C)C1C)c1cccc(F)c1. The lowest BCUT2D eigenvalue weighted by molar-refractivity contribution is 0.202. The summed E-state index contributed by atoms with van der Waals surface area (Å²) in [6, 6.07) is 7.86. The first kappa shape index (κ1) is 16.8. The third-order valence-corrected chi connectivity index (χ3v) is 5.76. The van der Waals surface area contributed by atoms with Crippen LogP contribution in [0.15, 0.2) is 24.3 Å². The van der Waals surface area contributed by atoms with Crippen molar-refractivity contribution in [2.45, 2.75) is 44.5 Å². The highest BCUT2D eigenvalue weighted by molar-refractivity contribution is 8.00. The van der Waals surface area contributed by atoms with E-state index in [1.165, 1.54) is 11.8 Å². The van der Waals surface area contributed by atoms with Gasteiger partial charge in [-0.1, -0.05) is 26.0 Å². The Morgan fingerprint density at radius 1 is 1.43 bits per heavy atom. The second-order valence-corrected chi connectivity index (χ2v) is 7.29. The van der Waals surface area contributed by atoms with Crippen molar-refractivity contribution < 1.29 is 4.39 Å². The van der Waals surface area contributed by atoms with Gasteiger partial charge in [-0.05, 0) is 37.6 Å². The van der Waals surface area contributed by atoms with Crippen LogP contribution >= 0.6 is 11.8 Å². The monoisotopic (exact) mass is 310 g/mol. The molecule has 1 aliphatic rings. The summed E-state index contributed by atoms with van der Waals surface area (Å²) in [7, 11) is 0. The molecule has 21 heavy (non-hydrogen) atoms. The number of thioether (sulfide) groups is 1. The second-order valence-electron chi connectivity index (χ2n) is 5.81. The molecular formula is C17H27FN2S. The average molecular weight is 310 g/mol. The zero-order valence-corrected chi connectivity index (χ0v) is 14.1. The highest BCUT2D eigenvalue weighted by Gasteiger charge is 2.25. The van der Waals surface area contributed by atoms with Gasteiger partial charge in [0.15, 0.2) is 0 Å². The molecular weight excluding hydrogens is 283 g/mol. The van der Waals surface area contributed by atoms with Crippen LogP contribution in [0.5, 0.6) is 0 Å². The summed E-state index contributed by atoms with van der Waals surface area (Å²) in [4.78, 5) is 2.57. The minimum absolute atomic E-state index is 0.147. The van der Waals surface area contributed by atoms with E-state index in [-0.39, 0.29) is 11.9 Å². The van der Waals surface area contributed by atoms with Crippen LogP contribution in [0.25, 0.3) is 0 Å². The zero-order valence-electron chi connectivity index (χ0n) is 13.3. The first-order valence-corrected chi connectivity index (χ1v) is 9.01. The van der Waals surface area contributed by atoms with Gasteiger partial charge in [-0.25, -0.2) is 4.39 Å². The van der Waals surface area contributed by atoms with Gasteiger partial charge in [-0.2, -0.15) is 11.8 Å². The molecule has 0 aliphatic carbocycles. The molecule has 3 unspecified atom stereocenters. The lowest BCUT2D eigenvalue weighted by Crippen LogP contribution is -2.45. The molecule has 1 N–H and O–H groups in total. The van der Waals surface area contributed by atoms with Crippen LogP contribution in [-0.4, -0.2) is 41.6 Å². The van der Waals surface area contributed by atoms with Gasteiger partial charge < -0.3 is 5.32 Å². The predicted octanol–water partition coefficient (Wildman–Crippen LogP) is 3.69. The average Bonchev–Trinajstić information content (AvgIpc) is 2.47. The molecule has 1 aromatic rings. The molecule has 118 valence electrons. The Kier molecular flexibility index (Phi) is 6.52. The quantitative estimate of drug-likeness (QED) is 0.862. The Morgan fingerprint density at radius 2 is 2.24 bits per heavy atom. The summed E-state index contributed by atoms with van der Waals surface area (Å²) in [6.07, 6.45) is 1.03. The highest BCUT2D eigenvalue weighted by Crippen LogP contribution is 2.26. The predicted molar refractivity (Wildman–Crippen MR) is 90.4 cm³/mol. The van der Waals surface area contributed by atoms with Crippen LogP contribution in [0.1, 0.15) is 38.8 Å². The van der Waals surface area contributed by atoms with Crippen LogP contribution in [0, 0.1) is 5.82 Å². The number of nitrogens with one attached hydrogen (secondary N) is 1. The third kappa shape index (κ3) is 4.70. The fourth-order valence-corrected chi connectivity index (χ4v) is 4.12. The maximum absolute atomic E-state index is 13.4. The van der Waals surface area contributed by atoms with Crippen molar-refractivity contribution in [3.8, 4) is 0 Å². The molecule has 0 spiro atoms. The van der Waals surface area contributed by atoms with E-state index in [1.807, 2.05) is 6.07 Å². The minimum atomic E-state index is -0.147. The van der Waals surface area contributed by atoms with Gasteiger partial charge in [-0.15, -0.1) is 0 Å². The molecule has 1 fully saturated rings. The molecule has 0 amide bonds. The van der Waals surface area contributed by atoms with Crippen molar-refractivity contribution in [2.24, 2.45) is 0 Å². The maximum atomic E-state index is 13.4. The number of rotatable bonds is 6. The molecule has 0 radical (unpaired) electrons. The maximum Gasteiger partial charge on any atom is 0.123 e. The molecule has 0 saturated carbocycles. The second kappa shape index (κ2) is 8.16. The smallest absolute Gasteiger partial charge is 0.123 e. The molecule has 3 atom stereocenters. The third-order valence-electron chi connectivity index (χ3n) is 4.42. The van der Waals surface area contributed by atoms with Crippen molar-refractivity contribution in [1.82, 2.24) is 10.2 Å². The van der Waals surface area contributed by atoms with Crippen molar-refractivity contribution in [3.63, 3.8) is 0 Å². The fourth-order valence-electron chi connectivity index (χ4n) is 2.96. The minimum Gasteiger partial charge on any atom is -0.310 e. The summed E-state index contributed by atoms with van der Waals surface area (Å²) in [5.74, 6) is 1.07. The molecule has 1 aliphatic heterocycles.